The maximum Gasteiger partial charge on any atom is 0.229 e. The van der Waals surface area contributed by atoms with Crippen molar-refractivity contribution in [1.82, 2.24) is 15.0 Å². The highest BCUT2D eigenvalue weighted by Crippen LogP contribution is 2.31. The Morgan fingerprint density at radius 3 is 2.55 bits per heavy atom. The molecule has 29 heavy (non-hydrogen) atoms. The number of anilines is 3. The fourth-order valence-electron chi connectivity index (χ4n) is 4.25. The number of pyridine rings is 1. The molecule has 5 heteroatoms. The number of nitrogens with one attached hydrogen (secondary N) is 1. The first-order valence-electron chi connectivity index (χ1n) is 10.4. The van der Waals surface area contributed by atoms with Gasteiger partial charge in [0.05, 0.1) is 0 Å². The summed E-state index contributed by atoms with van der Waals surface area (Å²) in [5.41, 5.74) is 8.33. The van der Waals surface area contributed by atoms with E-state index in [9.17, 15) is 0 Å². The van der Waals surface area contributed by atoms with Crippen LogP contribution in [0, 0.1) is 27.7 Å². The number of hydrogen-bond acceptors (Lipinski definition) is 5. The second kappa shape index (κ2) is 8.19. The lowest BCUT2D eigenvalue weighted by atomic mass is 10.1. The first-order chi connectivity index (χ1) is 14.0. The number of aromatic nitrogens is 3. The second-order valence-corrected chi connectivity index (χ2v) is 8.00. The van der Waals surface area contributed by atoms with Crippen LogP contribution in [0.1, 0.15) is 40.1 Å². The monoisotopic (exact) mass is 387 g/mol. The molecule has 0 spiro atoms. The standard InChI is InChI=1S/C24H29N5/c1-16-14-17(2)22(18(3)15-16)27-24-26-19(4)21-10-13-29(23(21)28-24)12-7-9-20-8-5-6-11-25-20/h5-6,8,11,14-15H,7,9-10,12-13H2,1-4H3,(H,26,27,28). The Balaban J connectivity index is 1.51. The number of rotatable bonds is 6. The summed E-state index contributed by atoms with van der Waals surface area (Å²) in [5.74, 6) is 1.77. The molecular formula is C24H29N5. The Bertz CT molecular complexity index is 990. The molecule has 1 aliphatic heterocycles. The van der Waals surface area contributed by atoms with E-state index >= 15 is 0 Å². The molecule has 4 rings (SSSR count). The van der Waals surface area contributed by atoms with Gasteiger partial charge in [0.2, 0.25) is 5.95 Å². The molecule has 150 valence electrons. The minimum atomic E-state index is 0.688. The Hall–Kier alpha value is -2.95. The van der Waals surface area contributed by atoms with E-state index in [2.05, 4.69) is 67.2 Å². The lowest BCUT2D eigenvalue weighted by Gasteiger charge is -2.20. The number of nitrogens with zero attached hydrogens (tertiary/aromatic N) is 4. The quantitative estimate of drug-likeness (QED) is 0.656. The van der Waals surface area contributed by atoms with Gasteiger partial charge in [0, 0.05) is 41.9 Å². The fourth-order valence-corrected chi connectivity index (χ4v) is 4.25. The molecule has 0 radical (unpaired) electrons. The van der Waals surface area contributed by atoms with E-state index in [1.54, 1.807) is 0 Å². The molecule has 0 amide bonds. The number of fused-ring (bicyclic) bond motifs is 1. The molecular weight excluding hydrogens is 358 g/mol. The highest BCUT2D eigenvalue weighted by atomic mass is 15.2. The summed E-state index contributed by atoms with van der Waals surface area (Å²) in [6, 6.07) is 10.5. The molecule has 1 N–H and O–H groups in total. The minimum Gasteiger partial charge on any atom is -0.356 e. The summed E-state index contributed by atoms with van der Waals surface area (Å²) < 4.78 is 0. The maximum absolute atomic E-state index is 4.91. The molecule has 5 nitrogen and oxygen atoms in total. The molecule has 3 aromatic rings. The van der Waals surface area contributed by atoms with Crippen LogP contribution in [0.2, 0.25) is 0 Å². The van der Waals surface area contributed by atoms with Crippen molar-refractivity contribution in [3.05, 3.63) is 70.2 Å². The smallest absolute Gasteiger partial charge is 0.229 e. The molecule has 2 aromatic heterocycles. The van der Waals surface area contributed by atoms with Crippen LogP contribution >= 0.6 is 0 Å². The van der Waals surface area contributed by atoms with Crippen LogP contribution in [0.4, 0.5) is 17.5 Å². The maximum atomic E-state index is 4.91. The van der Waals surface area contributed by atoms with E-state index < -0.39 is 0 Å². The van der Waals surface area contributed by atoms with E-state index in [0.717, 1.165) is 55.2 Å². The Morgan fingerprint density at radius 2 is 1.83 bits per heavy atom. The fraction of sp³-hybridized carbons (Fsp3) is 0.375. The number of benzene rings is 1. The van der Waals surface area contributed by atoms with Gasteiger partial charge in [0.15, 0.2) is 0 Å². The molecule has 0 fully saturated rings. The van der Waals surface area contributed by atoms with Gasteiger partial charge in [-0.25, -0.2) is 4.98 Å². The van der Waals surface area contributed by atoms with Gasteiger partial charge in [-0.15, -0.1) is 0 Å². The largest absolute Gasteiger partial charge is 0.356 e. The zero-order chi connectivity index (χ0) is 20.4. The first-order valence-corrected chi connectivity index (χ1v) is 10.4. The lowest BCUT2D eigenvalue weighted by molar-refractivity contribution is 0.735. The van der Waals surface area contributed by atoms with Crippen LogP contribution in [0.5, 0.6) is 0 Å². The van der Waals surface area contributed by atoms with E-state index in [4.69, 9.17) is 9.97 Å². The van der Waals surface area contributed by atoms with E-state index in [-0.39, 0.29) is 0 Å². The molecule has 0 saturated carbocycles. The number of aryl methyl sites for hydroxylation is 5. The molecule has 0 bridgehead atoms. The Labute approximate surface area is 173 Å². The lowest BCUT2D eigenvalue weighted by Crippen LogP contribution is -2.23. The summed E-state index contributed by atoms with van der Waals surface area (Å²) in [5, 5.41) is 3.48. The van der Waals surface area contributed by atoms with Gasteiger partial charge >= 0.3 is 0 Å². The highest BCUT2D eigenvalue weighted by molar-refractivity contribution is 5.66. The van der Waals surface area contributed by atoms with E-state index in [1.165, 1.54) is 22.3 Å². The minimum absolute atomic E-state index is 0.688. The van der Waals surface area contributed by atoms with Crippen molar-refractivity contribution >= 4 is 17.5 Å². The predicted octanol–water partition coefficient (Wildman–Crippen LogP) is 4.84. The van der Waals surface area contributed by atoms with Crippen molar-refractivity contribution in [2.45, 2.75) is 47.0 Å². The van der Waals surface area contributed by atoms with Crippen molar-refractivity contribution in [2.24, 2.45) is 0 Å². The van der Waals surface area contributed by atoms with Gasteiger partial charge < -0.3 is 10.2 Å². The first kappa shape index (κ1) is 19.4. The van der Waals surface area contributed by atoms with Gasteiger partial charge in [-0.1, -0.05) is 23.8 Å². The topological polar surface area (TPSA) is 53.9 Å². The van der Waals surface area contributed by atoms with E-state index in [0.29, 0.717) is 5.95 Å². The Morgan fingerprint density at radius 1 is 1.03 bits per heavy atom. The molecule has 0 saturated heterocycles. The molecule has 1 aromatic carbocycles. The van der Waals surface area contributed by atoms with Crippen LogP contribution in [-0.2, 0) is 12.8 Å². The second-order valence-electron chi connectivity index (χ2n) is 8.00. The van der Waals surface area contributed by atoms with Crippen molar-refractivity contribution in [3.8, 4) is 0 Å². The summed E-state index contributed by atoms with van der Waals surface area (Å²) in [6.45, 7) is 10.5. The summed E-state index contributed by atoms with van der Waals surface area (Å²) in [4.78, 5) is 16.5. The van der Waals surface area contributed by atoms with Crippen LogP contribution in [0.25, 0.3) is 0 Å². The van der Waals surface area contributed by atoms with Crippen LogP contribution in [-0.4, -0.2) is 28.0 Å². The van der Waals surface area contributed by atoms with E-state index in [1.807, 2.05) is 12.3 Å². The summed E-state index contributed by atoms with van der Waals surface area (Å²) in [7, 11) is 0. The zero-order valence-corrected chi connectivity index (χ0v) is 17.8. The van der Waals surface area contributed by atoms with Gasteiger partial charge in [0.1, 0.15) is 5.82 Å². The van der Waals surface area contributed by atoms with Crippen LogP contribution in [0.15, 0.2) is 36.5 Å². The van der Waals surface area contributed by atoms with Crippen molar-refractivity contribution < 1.29 is 0 Å². The molecule has 0 atom stereocenters. The van der Waals surface area contributed by atoms with Gasteiger partial charge in [-0.05, 0) is 70.2 Å². The van der Waals surface area contributed by atoms with Crippen LogP contribution in [0.3, 0.4) is 0 Å². The molecule has 1 aliphatic rings. The molecule has 3 heterocycles. The van der Waals surface area contributed by atoms with Crippen molar-refractivity contribution in [3.63, 3.8) is 0 Å². The molecule has 0 unspecified atom stereocenters. The third-order valence-electron chi connectivity index (χ3n) is 5.62. The van der Waals surface area contributed by atoms with Gasteiger partial charge in [-0.3, -0.25) is 4.98 Å². The zero-order valence-electron chi connectivity index (χ0n) is 17.8. The summed E-state index contributed by atoms with van der Waals surface area (Å²) in [6.07, 6.45) is 4.94. The van der Waals surface area contributed by atoms with Crippen molar-refractivity contribution in [1.29, 1.82) is 0 Å². The average Bonchev–Trinajstić information content (AvgIpc) is 3.09. The van der Waals surface area contributed by atoms with Crippen LogP contribution < -0.4 is 10.2 Å². The third kappa shape index (κ3) is 4.24. The van der Waals surface area contributed by atoms with Gasteiger partial charge in [0.25, 0.3) is 0 Å². The van der Waals surface area contributed by atoms with Crippen molar-refractivity contribution in [2.75, 3.05) is 23.3 Å². The van der Waals surface area contributed by atoms with Gasteiger partial charge in [-0.2, -0.15) is 4.98 Å². The molecule has 0 aliphatic carbocycles. The Kier molecular flexibility index (Phi) is 5.47. The SMILES string of the molecule is Cc1cc(C)c(Nc2nc(C)c3c(n2)N(CCCc2ccccn2)CC3)c(C)c1. The highest BCUT2D eigenvalue weighted by Gasteiger charge is 2.24. The average molecular weight is 388 g/mol. The predicted molar refractivity (Wildman–Crippen MR) is 119 cm³/mol. The normalized spacial score (nSPS) is 12.9. The summed E-state index contributed by atoms with van der Waals surface area (Å²) >= 11 is 0. The number of hydrogen-bond donors (Lipinski definition) is 1. The third-order valence-corrected chi connectivity index (χ3v) is 5.62.